The summed E-state index contributed by atoms with van der Waals surface area (Å²) < 4.78 is 5.31. The molecule has 3 nitrogen and oxygen atoms in total. The van der Waals surface area contributed by atoms with Crippen LogP contribution >= 0.6 is 0 Å². The third kappa shape index (κ3) is 3.62. The Labute approximate surface area is 162 Å². The number of Topliss-reactive ketones (excluding diaryl/α,β-unsaturated/α-hetero) is 1. The molecule has 1 aliphatic heterocycles. The maximum atomic E-state index is 13.5. The fraction of sp³-hybridized carbons (Fsp3) is 0.542. The molecule has 2 aromatic carbocycles. The molecule has 0 amide bonds. The molecule has 2 aliphatic rings. The predicted octanol–water partition coefficient (Wildman–Crippen LogP) is 5.18. The van der Waals surface area contributed by atoms with Gasteiger partial charge in [-0.25, -0.2) is 0 Å². The van der Waals surface area contributed by atoms with E-state index in [-0.39, 0.29) is 5.92 Å². The molecule has 0 radical (unpaired) electrons. The highest BCUT2D eigenvalue weighted by Gasteiger charge is 2.39. The van der Waals surface area contributed by atoms with Gasteiger partial charge in [-0.2, -0.15) is 0 Å². The van der Waals surface area contributed by atoms with Crippen molar-refractivity contribution in [3.63, 3.8) is 0 Å². The van der Waals surface area contributed by atoms with E-state index in [0.717, 1.165) is 47.6 Å². The van der Waals surface area contributed by atoms with Crippen molar-refractivity contribution >= 4 is 16.6 Å². The number of ether oxygens (including phenoxy) is 1. The lowest BCUT2D eigenvalue weighted by atomic mass is 9.73. The van der Waals surface area contributed by atoms with Gasteiger partial charge < -0.3 is 4.74 Å². The van der Waals surface area contributed by atoms with Crippen molar-refractivity contribution in [3.8, 4) is 5.75 Å². The van der Waals surface area contributed by atoms with Gasteiger partial charge in [0.1, 0.15) is 5.75 Å². The number of piperidine rings is 1. The molecule has 2 fully saturated rings. The first-order valence-electron chi connectivity index (χ1n) is 10.4. The van der Waals surface area contributed by atoms with Gasteiger partial charge in [0.2, 0.25) is 0 Å². The minimum atomic E-state index is 0.120. The van der Waals surface area contributed by atoms with Crippen LogP contribution in [0.25, 0.3) is 10.8 Å². The number of hydrogen-bond acceptors (Lipinski definition) is 3. The van der Waals surface area contributed by atoms with Crippen LogP contribution in [0.1, 0.15) is 49.9 Å². The van der Waals surface area contributed by atoms with Crippen molar-refractivity contribution in [1.29, 1.82) is 0 Å². The summed E-state index contributed by atoms with van der Waals surface area (Å²) in [6.45, 7) is 6.65. The molecule has 144 valence electrons. The molecule has 0 N–H and O–H groups in total. The summed E-state index contributed by atoms with van der Waals surface area (Å²) in [5.74, 6) is 2.34. The van der Waals surface area contributed by atoms with Gasteiger partial charge in [0, 0.05) is 24.1 Å². The third-order valence-electron chi connectivity index (χ3n) is 6.81. The zero-order valence-electron chi connectivity index (χ0n) is 16.8. The summed E-state index contributed by atoms with van der Waals surface area (Å²) >= 11 is 0. The van der Waals surface area contributed by atoms with Crippen molar-refractivity contribution in [2.24, 2.45) is 17.8 Å². The number of rotatable bonds is 5. The van der Waals surface area contributed by atoms with Gasteiger partial charge in [0.25, 0.3) is 0 Å². The SMILES string of the molecule is COc1ccc2cc(C(=O)[C@H]3CN(C4CCC4)CCC3C(C)C)ccc2c1. The average Bonchev–Trinajstić information content (AvgIpc) is 2.65. The fourth-order valence-corrected chi connectivity index (χ4v) is 4.87. The lowest BCUT2D eigenvalue weighted by Gasteiger charge is -2.46. The summed E-state index contributed by atoms with van der Waals surface area (Å²) in [6.07, 6.45) is 5.12. The Bertz CT molecular complexity index is 824. The first-order chi connectivity index (χ1) is 13.1. The second-order valence-corrected chi connectivity index (χ2v) is 8.67. The van der Waals surface area contributed by atoms with Gasteiger partial charge in [0.05, 0.1) is 7.11 Å². The van der Waals surface area contributed by atoms with Crippen LogP contribution < -0.4 is 4.74 Å². The summed E-state index contributed by atoms with van der Waals surface area (Å²) in [5.41, 5.74) is 0.860. The Kier molecular flexibility index (Phi) is 5.23. The van der Waals surface area contributed by atoms with Crippen LogP contribution in [0.3, 0.4) is 0 Å². The second kappa shape index (κ2) is 7.63. The molecule has 1 saturated carbocycles. The van der Waals surface area contributed by atoms with E-state index in [9.17, 15) is 4.79 Å². The molecule has 0 spiro atoms. The molecule has 4 rings (SSSR count). The number of benzene rings is 2. The quantitative estimate of drug-likeness (QED) is 0.684. The van der Waals surface area contributed by atoms with E-state index in [1.165, 1.54) is 19.3 Å². The van der Waals surface area contributed by atoms with E-state index in [2.05, 4.69) is 30.9 Å². The molecule has 2 atom stereocenters. The first kappa shape index (κ1) is 18.5. The van der Waals surface area contributed by atoms with Crippen LogP contribution in [-0.4, -0.2) is 36.9 Å². The zero-order chi connectivity index (χ0) is 19.0. The molecular formula is C24H31NO2. The van der Waals surface area contributed by atoms with E-state index in [1.807, 2.05) is 24.3 Å². The number of likely N-dealkylation sites (tertiary alicyclic amines) is 1. The highest BCUT2D eigenvalue weighted by molar-refractivity contribution is 6.01. The number of hydrogen-bond donors (Lipinski definition) is 0. The lowest BCUT2D eigenvalue weighted by Crippen LogP contribution is -2.51. The number of ketones is 1. The summed E-state index contributed by atoms with van der Waals surface area (Å²) in [7, 11) is 1.68. The van der Waals surface area contributed by atoms with Gasteiger partial charge in [-0.1, -0.05) is 38.5 Å². The van der Waals surface area contributed by atoms with E-state index in [0.29, 0.717) is 17.6 Å². The first-order valence-corrected chi connectivity index (χ1v) is 10.4. The van der Waals surface area contributed by atoms with Crippen molar-refractivity contribution < 1.29 is 9.53 Å². The van der Waals surface area contributed by atoms with Crippen molar-refractivity contribution in [2.75, 3.05) is 20.2 Å². The molecule has 0 bridgehead atoms. The van der Waals surface area contributed by atoms with Crippen LogP contribution in [-0.2, 0) is 0 Å². The molecule has 1 aliphatic carbocycles. The Morgan fingerprint density at radius 1 is 1.07 bits per heavy atom. The Hall–Kier alpha value is -1.87. The topological polar surface area (TPSA) is 29.5 Å². The molecule has 27 heavy (non-hydrogen) atoms. The van der Waals surface area contributed by atoms with Crippen LogP contribution in [0.4, 0.5) is 0 Å². The lowest BCUT2D eigenvalue weighted by molar-refractivity contribution is 0.0304. The Morgan fingerprint density at radius 2 is 1.81 bits per heavy atom. The van der Waals surface area contributed by atoms with Gasteiger partial charge in [0.15, 0.2) is 5.78 Å². The maximum absolute atomic E-state index is 13.5. The van der Waals surface area contributed by atoms with E-state index < -0.39 is 0 Å². The van der Waals surface area contributed by atoms with E-state index in [4.69, 9.17) is 4.74 Å². The molecular weight excluding hydrogens is 334 g/mol. The number of fused-ring (bicyclic) bond motifs is 1. The van der Waals surface area contributed by atoms with Crippen molar-refractivity contribution in [2.45, 2.75) is 45.6 Å². The highest BCUT2D eigenvalue weighted by Crippen LogP contribution is 2.36. The summed E-state index contributed by atoms with van der Waals surface area (Å²) in [4.78, 5) is 16.1. The Balaban J connectivity index is 1.60. The number of methoxy groups -OCH3 is 1. The number of nitrogens with zero attached hydrogens (tertiary/aromatic N) is 1. The number of carbonyl (C=O) groups excluding carboxylic acids is 1. The average molecular weight is 366 g/mol. The van der Waals surface area contributed by atoms with E-state index in [1.54, 1.807) is 7.11 Å². The zero-order valence-corrected chi connectivity index (χ0v) is 16.8. The summed E-state index contributed by atoms with van der Waals surface area (Å²) in [5, 5.41) is 2.22. The monoisotopic (exact) mass is 365 g/mol. The molecule has 0 aromatic heterocycles. The summed E-state index contributed by atoms with van der Waals surface area (Å²) in [6, 6.07) is 12.9. The smallest absolute Gasteiger partial charge is 0.167 e. The molecule has 3 heteroatoms. The van der Waals surface area contributed by atoms with Crippen LogP contribution in [0.2, 0.25) is 0 Å². The van der Waals surface area contributed by atoms with Gasteiger partial charge >= 0.3 is 0 Å². The van der Waals surface area contributed by atoms with Crippen molar-refractivity contribution in [3.05, 3.63) is 42.0 Å². The van der Waals surface area contributed by atoms with Crippen LogP contribution in [0.5, 0.6) is 5.75 Å². The molecule has 1 heterocycles. The maximum Gasteiger partial charge on any atom is 0.167 e. The molecule has 2 aromatic rings. The minimum Gasteiger partial charge on any atom is -0.497 e. The van der Waals surface area contributed by atoms with Crippen LogP contribution in [0, 0.1) is 17.8 Å². The minimum absolute atomic E-state index is 0.120. The standard InChI is InChI=1S/C24H31NO2/c1-16(2)22-11-12-25(20-5-4-6-20)15-23(22)24(26)19-8-7-18-14-21(27-3)10-9-17(18)13-19/h7-10,13-14,16,20,22-23H,4-6,11-12,15H2,1-3H3/t22?,23-/m0/s1. The van der Waals surface area contributed by atoms with E-state index >= 15 is 0 Å². The largest absolute Gasteiger partial charge is 0.497 e. The third-order valence-corrected chi connectivity index (χ3v) is 6.81. The number of carbonyl (C=O) groups is 1. The molecule has 1 unspecified atom stereocenters. The van der Waals surface area contributed by atoms with Crippen LogP contribution in [0.15, 0.2) is 36.4 Å². The van der Waals surface area contributed by atoms with Gasteiger partial charge in [-0.3, -0.25) is 9.69 Å². The predicted molar refractivity (Wildman–Crippen MR) is 110 cm³/mol. The normalized spacial score (nSPS) is 24.1. The molecule has 1 saturated heterocycles. The van der Waals surface area contributed by atoms with Gasteiger partial charge in [-0.05, 0) is 66.6 Å². The second-order valence-electron chi connectivity index (χ2n) is 8.67. The Morgan fingerprint density at radius 3 is 2.48 bits per heavy atom. The van der Waals surface area contributed by atoms with Crippen molar-refractivity contribution in [1.82, 2.24) is 4.90 Å². The van der Waals surface area contributed by atoms with Gasteiger partial charge in [-0.15, -0.1) is 0 Å². The fourth-order valence-electron chi connectivity index (χ4n) is 4.87. The highest BCUT2D eigenvalue weighted by atomic mass is 16.5.